The second-order valence-corrected chi connectivity index (χ2v) is 4.90. The SMILES string of the molecule is NC(c1c(F)cccc1F)C1OCCc2ccccc21. The van der Waals surface area contributed by atoms with Gasteiger partial charge in [0.25, 0.3) is 0 Å². The molecule has 0 bridgehead atoms. The van der Waals surface area contributed by atoms with Gasteiger partial charge >= 0.3 is 0 Å². The molecular weight excluding hydrogens is 260 g/mol. The van der Waals surface area contributed by atoms with Crippen molar-refractivity contribution in [3.8, 4) is 0 Å². The highest BCUT2D eigenvalue weighted by Gasteiger charge is 2.30. The lowest BCUT2D eigenvalue weighted by Crippen LogP contribution is -2.28. The normalized spacial score (nSPS) is 19.4. The minimum Gasteiger partial charge on any atom is -0.371 e. The summed E-state index contributed by atoms with van der Waals surface area (Å²) in [5, 5.41) is 0. The molecule has 2 aromatic rings. The van der Waals surface area contributed by atoms with Crippen LogP contribution in [0.1, 0.15) is 28.8 Å². The van der Waals surface area contributed by atoms with Crippen LogP contribution in [0.25, 0.3) is 0 Å². The molecule has 0 radical (unpaired) electrons. The number of nitrogens with two attached hydrogens (primary N) is 1. The van der Waals surface area contributed by atoms with Gasteiger partial charge in [-0.3, -0.25) is 0 Å². The first-order valence-electron chi connectivity index (χ1n) is 6.57. The van der Waals surface area contributed by atoms with E-state index in [1.165, 1.54) is 18.2 Å². The van der Waals surface area contributed by atoms with Crippen LogP contribution in [0.3, 0.4) is 0 Å². The Morgan fingerprint density at radius 2 is 1.75 bits per heavy atom. The molecule has 2 unspecified atom stereocenters. The summed E-state index contributed by atoms with van der Waals surface area (Å²) in [6, 6.07) is 10.6. The van der Waals surface area contributed by atoms with Crippen LogP contribution in [0.15, 0.2) is 42.5 Å². The summed E-state index contributed by atoms with van der Waals surface area (Å²) >= 11 is 0. The van der Waals surface area contributed by atoms with Crippen molar-refractivity contribution in [1.82, 2.24) is 0 Å². The molecule has 0 aliphatic carbocycles. The minimum absolute atomic E-state index is 0.116. The molecule has 2 atom stereocenters. The van der Waals surface area contributed by atoms with E-state index >= 15 is 0 Å². The molecule has 3 rings (SSSR count). The van der Waals surface area contributed by atoms with Crippen molar-refractivity contribution in [2.45, 2.75) is 18.6 Å². The summed E-state index contributed by atoms with van der Waals surface area (Å²) < 4.78 is 33.4. The summed E-state index contributed by atoms with van der Waals surface area (Å²) in [6.07, 6.45) is 0.269. The van der Waals surface area contributed by atoms with E-state index in [1.54, 1.807) is 0 Å². The van der Waals surface area contributed by atoms with Gasteiger partial charge in [-0.05, 0) is 29.7 Å². The molecule has 20 heavy (non-hydrogen) atoms. The van der Waals surface area contributed by atoms with Gasteiger partial charge in [0.05, 0.1) is 12.6 Å². The largest absolute Gasteiger partial charge is 0.371 e. The number of hydrogen-bond donors (Lipinski definition) is 1. The van der Waals surface area contributed by atoms with Gasteiger partial charge in [-0.1, -0.05) is 30.3 Å². The third kappa shape index (κ3) is 2.21. The quantitative estimate of drug-likeness (QED) is 0.913. The molecule has 0 saturated carbocycles. The Bertz CT molecular complexity index is 609. The summed E-state index contributed by atoms with van der Waals surface area (Å²) in [5.41, 5.74) is 8.00. The average molecular weight is 275 g/mol. The Morgan fingerprint density at radius 3 is 2.50 bits per heavy atom. The zero-order valence-corrected chi connectivity index (χ0v) is 10.9. The molecule has 1 aliphatic rings. The van der Waals surface area contributed by atoms with Crippen LogP contribution in [0.5, 0.6) is 0 Å². The summed E-state index contributed by atoms with van der Waals surface area (Å²) in [4.78, 5) is 0. The summed E-state index contributed by atoms with van der Waals surface area (Å²) in [5.74, 6) is -1.27. The second kappa shape index (κ2) is 5.31. The highest BCUT2D eigenvalue weighted by atomic mass is 19.1. The Hall–Kier alpha value is -1.78. The maximum Gasteiger partial charge on any atom is 0.131 e. The molecule has 0 spiro atoms. The van der Waals surface area contributed by atoms with Gasteiger partial charge in [-0.15, -0.1) is 0 Å². The van der Waals surface area contributed by atoms with Crippen LogP contribution in [0.2, 0.25) is 0 Å². The fourth-order valence-corrected chi connectivity index (χ4v) is 2.70. The highest BCUT2D eigenvalue weighted by molar-refractivity contribution is 5.35. The van der Waals surface area contributed by atoms with E-state index in [1.807, 2.05) is 24.3 Å². The predicted octanol–water partition coefficient (Wildman–Crippen LogP) is 3.28. The van der Waals surface area contributed by atoms with Crippen molar-refractivity contribution in [2.24, 2.45) is 5.73 Å². The van der Waals surface area contributed by atoms with E-state index in [0.29, 0.717) is 6.61 Å². The van der Waals surface area contributed by atoms with Crippen LogP contribution in [0.4, 0.5) is 8.78 Å². The van der Waals surface area contributed by atoms with Crippen molar-refractivity contribution in [3.63, 3.8) is 0 Å². The third-order valence-electron chi connectivity index (χ3n) is 3.69. The summed E-state index contributed by atoms with van der Waals surface area (Å²) in [6.45, 7) is 0.505. The van der Waals surface area contributed by atoms with Gasteiger partial charge in [0.15, 0.2) is 0 Å². The number of fused-ring (bicyclic) bond motifs is 1. The molecular formula is C16H15F2NO. The molecule has 1 aliphatic heterocycles. The van der Waals surface area contributed by atoms with Crippen molar-refractivity contribution in [3.05, 3.63) is 70.8 Å². The number of hydrogen-bond acceptors (Lipinski definition) is 2. The topological polar surface area (TPSA) is 35.2 Å². The van der Waals surface area contributed by atoms with Crippen molar-refractivity contribution in [2.75, 3.05) is 6.61 Å². The van der Waals surface area contributed by atoms with Crippen LogP contribution >= 0.6 is 0 Å². The Labute approximate surface area is 116 Å². The maximum absolute atomic E-state index is 13.9. The van der Waals surface area contributed by atoms with Crippen molar-refractivity contribution < 1.29 is 13.5 Å². The van der Waals surface area contributed by atoms with Crippen LogP contribution in [0, 0.1) is 11.6 Å². The second-order valence-electron chi connectivity index (χ2n) is 4.90. The van der Waals surface area contributed by atoms with E-state index in [4.69, 9.17) is 10.5 Å². The highest BCUT2D eigenvalue weighted by Crippen LogP contribution is 2.37. The fourth-order valence-electron chi connectivity index (χ4n) is 2.70. The first-order valence-corrected chi connectivity index (χ1v) is 6.57. The van der Waals surface area contributed by atoms with Gasteiger partial charge in [0.1, 0.15) is 17.7 Å². The van der Waals surface area contributed by atoms with Gasteiger partial charge in [-0.25, -0.2) is 8.78 Å². The molecule has 0 amide bonds. The molecule has 0 aromatic heterocycles. The molecule has 0 saturated heterocycles. The number of rotatable bonds is 2. The zero-order valence-electron chi connectivity index (χ0n) is 10.9. The van der Waals surface area contributed by atoms with Gasteiger partial charge < -0.3 is 10.5 Å². The Morgan fingerprint density at radius 1 is 1.05 bits per heavy atom. The van der Waals surface area contributed by atoms with Gasteiger partial charge in [-0.2, -0.15) is 0 Å². The standard InChI is InChI=1S/C16H15F2NO/c17-12-6-3-7-13(18)14(12)15(19)16-11-5-2-1-4-10(11)8-9-20-16/h1-7,15-16H,8-9,19H2. The van der Waals surface area contributed by atoms with Crippen molar-refractivity contribution >= 4 is 0 Å². The minimum atomic E-state index is -0.863. The molecule has 0 fully saturated rings. The molecule has 4 heteroatoms. The van der Waals surface area contributed by atoms with Crippen LogP contribution in [-0.4, -0.2) is 6.61 Å². The van der Waals surface area contributed by atoms with E-state index in [2.05, 4.69) is 0 Å². The summed E-state index contributed by atoms with van der Waals surface area (Å²) in [7, 11) is 0. The number of ether oxygens (including phenoxy) is 1. The molecule has 104 valence electrons. The molecule has 1 heterocycles. The lowest BCUT2D eigenvalue weighted by Gasteiger charge is -2.31. The lowest BCUT2D eigenvalue weighted by atomic mass is 9.90. The van der Waals surface area contributed by atoms with E-state index in [0.717, 1.165) is 17.5 Å². The number of halogens is 2. The maximum atomic E-state index is 13.9. The molecule has 2 nitrogen and oxygen atoms in total. The zero-order chi connectivity index (χ0) is 14.1. The van der Waals surface area contributed by atoms with Gasteiger partial charge in [0.2, 0.25) is 0 Å². The first-order chi connectivity index (χ1) is 9.68. The van der Waals surface area contributed by atoms with E-state index in [-0.39, 0.29) is 5.56 Å². The predicted molar refractivity (Wildman–Crippen MR) is 72.1 cm³/mol. The average Bonchev–Trinajstić information content (AvgIpc) is 2.46. The fraction of sp³-hybridized carbons (Fsp3) is 0.250. The van der Waals surface area contributed by atoms with Gasteiger partial charge in [0, 0.05) is 5.56 Å². The smallest absolute Gasteiger partial charge is 0.131 e. The number of benzene rings is 2. The third-order valence-corrected chi connectivity index (χ3v) is 3.69. The van der Waals surface area contributed by atoms with E-state index < -0.39 is 23.8 Å². The van der Waals surface area contributed by atoms with Crippen LogP contribution in [-0.2, 0) is 11.2 Å². The lowest BCUT2D eigenvalue weighted by molar-refractivity contribution is 0.0226. The first kappa shape index (κ1) is 13.2. The van der Waals surface area contributed by atoms with Crippen molar-refractivity contribution in [1.29, 1.82) is 0 Å². The Kier molecular flexibility index (Phi) is 3.51. The molecule has 2 N–H and O–H groups in total. The van der Waals surface area contributed by atoms with Crippen LogP contribution < -0.4 is 5.73 Å². The monoisotopic (exact) mass is 275 g/mol. The Balaban J connectivity index is 2.02. The van der Waals surface area contributed by atoms with E-state index in [9.17, 15) is 8.78 Å². The molecule has 2 aromatic carbocycles.